The molecule has 110 valence electrons. The number of hydrogen-bond acceptors (Lipinski definition) is 6. The second-order valence-electron chi connectivity index (χ2n) is 4.79. The van der Waals surface area contributed by atoms with Gasteiger partial charge in [-0.2, -0.15) is 0 Å². The first kappa shape index (κ1) is 13.7. The van der Waals surface area contributed by atoms with Gasteiger partial charge in [0.05, 0.1) is 12.8 Å². The lowest BCUT2D eigenvalue weighted by atomic mass is 10.4. The Hall–Kier alpha value is -2.28. The van der Waals surface area contributed by atoms with Gasteiger partial charge >= 0.3 is 0 Å². The zero-order chi connectivity index (χ0) is 14.5. The number of anilines is 1. The fourth-order valence-electron chi connectivity index (χ4n) is 2.41. The number of ether oxygens (including phenoxy) is 1. The van der Waals surface area contributed by atoms with E-state index in [2.05, 4.69) is 36.2 Å². The predicted octanol–water partition coefficient (Wildman–Crippen LogP) is 0.833. The van der Waals surface area contributed by atoms with Gasteiger partial charge in [-0.15, -0.1) is 16.8 Å². The van der Waals surface area contributed by atoms with Crippen molar-refractivity contribution in [1.29, 1.82) is 0 Å². The molecule has 2 aromatic rings. The van der Waals surface area contributed by atoms with Crippen molar-refractivity contribution in [1.82, 2.24) is 24.7 Å². The highest BCUT2D eigenvalue weighted by Crippen LogP contribution is 2.15. The van der Waals surface area contributed by atoms with E-state index < -0.39 is 0 Å². The highest BCUT2D eigenvalue weighted by atomic mass is 16.5. The van der Waals surface area contributed by atoms with Crippen molar-refractivity contribution in [2.75, 3.05) is 24.6 Å². The molecule has 0 atom stereocenters. The molecule has 0 bridgehead atoms. The highest BCUT2D eigenvalue weighted by Gasteiger charge is 2.19. The van der Waals surface area contributed by atoms with E-state index in [1.165, 1.54) is 0 Å². The minimum atomic E-state index is 0.462. The summed E-state index contributed by atoms with van der Waals surface area (Å²) in [7, 11) is 0. The third kappa shape index (κ3) is 3.08. The lowest BCUT2D eigenvalue weighted by molar-refractivity contribution is 0.139. The number of rotatable bonds is 5. The van der Waals surface area contributed by atoms with Gasteiger partial charge in [-0.3, -0.25) is 4.98 Å². The van der Waals surface area contributed by atoms with Crippen LogP contribution in [-0.4, -0.2) is 44.4 Å². The molecule has 0 aromatic carbocycles. The molecule has 0 fully saturated rings. The Kier molecular flexibility index (Phi) is 4.20. The van der Waals surface area contributed by atoms with Gasteiger partial charge in [0.25, 0.3) is 0 Å². The number of aromatic nitrogens is 5. The second kappa shape index (κ2) is 6.45. The van der Waals surface area contributed by atoms with Crippen LogP contribution in [0.3, 0.4) is 0 Å². The number of nitrogens with zero attached hydrogens (tertiary/aromatic N) is 6. The number of fused-ring (bicyclic) bond motifs is 1. The van der Waals surface area contributed by atoms with Crippen LogP contribution in [0.4, 0.5) is 5.82 Å². The van der Waals surface area contributed by atoms with Gasteiger partial charge in [0.2, 0.25) is 0 Å². The van der Waals surface area contributed by atoms with Gasteiger partial charge in [-0.1, -0.05) is 6.08 Å². The Labute approximate surface area is 123 Å². The average molecular weight is 286 g/mol. The van der Waals surface area contributed by atoms with Crippen LogP contribution in [-0.2, 0) is 24.3 Å². The van der Waals surface area contributed by atoms with Crippen molar-refractivity contribution in [2.24, 2.45) is 0 Å². The van der Waals surface area contributed by atoms with Crippen LogP contribution in [0.5, 0.6) is 0 Å². The van der Waals surface area contributed by atoms with Gasteiger partial charge in [-0.25, -0.2) is 4.98 Å². The van der Waals surface area contributed by atoms with Crippen LogP contribution in [0.2, 0.25) is 0 Å². The smallest absolute Gasteiger partial charge is 0.159 e. The molecule has 2 aromatic heterocycles. The molecule has 0 saturated heterocycles. The molecule has 0 N–H and O–H groups in total. The zero-order valence-electron chi connectivity index (χ0n) is 11.9. The molecule has 0 unspecified atom stereocenters. The normalized spacial score (nSPS) is 14.6. The highest BCUT2D eigenvalue weighted by molar-refractivity contribution is 5.35. The Bertz CT molecular complexity index is 597. The fraction of sp³-hybridized carbons (Fsp3) is 0.429. The molecule has 3 rings (SSSR count). The maximum absolute atomic E-state index is 5.47. The molecule has 1 aliphatic heterocycles. The Morgan fingerprint density at radius 1 is 1.24 bits per heavy atom. The van der Waals surface area contributed by atoms with Gasteiger partial charge in [0.15, 0.2) is 5.82 Å². The maximum Gasteiger partial charge on any atom is 0.159 e. The van der Waals surface area contributed by atoms with Crippen molar-refractivity contribution in [3.05, 3.63) is 42.9 Å². The summed E-state index contributed by atoms with van der Waals surface area (Å²) < 4.78 is 7.61. The quantitative estimate of drug-likeness (QED) is 0.599. The van der Waals surface area contributed by atoms with Crippen molar-refractivity contribution < 1.29 is 4.74 Å². The van der Waals surface area contributed by atoms with Gasteiger partial charge in [0.1, 0.15) is 18.2 Å². The first-order valence-corrected chi connectivity index (χ1v) is 6.99. The molecular weight excluding hydrogens is 268 g/mol. The summed E-state index contributed by atoms with van der Waals surface area (Å²) in [4.78, 5) is 10.7. The van der Waals surface area contributed by atoms with Crippen LogP contribution >= 0.6 is 0 Å². The first-order chi connectivity index (χ1) is 10.4. The molecule has 3 heterocycles. The molecule has 0 amide bonds. The third-order valence-electron chi connectivity index (χ3n) is 3.44. The van der Waals surface area contributed by atoms with E-state index in [1.54, 1.807) is 24.7 Å². The minimum absolute atomic E-state index is 0.462. The Morgan fingerprint density at radius 3 is 3.00 bits per heavy atom. The van der Waals surface area contributed by atoms with Crippen LogP contribution in [0.1, 0.15) is 11.6 Å². The van der Waals surface area contributed by atoms with Crippen molar-refractivity contribution in [2.45, 2.75) is 19.6 Å². The number of hydrogen-bond donors (Lipinski definition) is 0. The summed E-state index contributed by atoms with van der Waals surface area (Å²) in [5.74, 6) is 2.77. The fourth-order valence-corrected chi connectivity index (χ4v) is 2.41. The van der Waals surface area contributed by atoms with E-state index >= 15 is 0 Å². The van der Waals surface area contributed by atoms with E-state index in [4.69, 9.17) is 4.74 Å². The first-order valence-electron chi connectivity index (χ1n) is 6.99. The van der Waals surface area contributed by atoms with Gasteiger partial charge in [0, 0.05) is 38.4 Å². The monoisotopic (exact) mass is 286 g/mol. The molecule has 7 heteroatoms. The Balaban J connectivity index is 1.70. The largest absolute Gasteiger partial charge is 0.369 e. The van der Waals surface area contributed by atoms with Crippen LogP contribution < -0.4 is 4.90 Å². The lowest BCUT2D eigenvalue weighted by Crippen LogP contribution is -2.27. The zero-order valence-corrected chi connectivity index (χ0v) is 11.9. The Morgan fingerprint density at radius 2 is 2.19 bits per heavy atom. The van der Waals surface area contributed by atoms with E-state index in [1.807, 2.05) is 0 Å². The standard InChI is InChI=1S/C14H18N6O/c1-2-9-21-11-14-18-17-12-3-6-19(7-8-20(12)14)13-10-15-4-5-16-13/h2,4-5,10H,1,3,6-9,11H2. The van der Waals surface area contributed by atoms with Crippen molar-refractivity contribution >= 4 is 5.82 Å². The van der Waals surface area contributed by atoms with E-state index in [-0.39, 0.29) is 0 Å². The summed E-state index contributed by atoms with van der Waals surface area (Å²) in [6.45, 7) is 7.17. The van der Waals surface area contributed by atoms with E-state index in [9.17, 15) is 0 Å². The minimum Gasteiger partial charge on any atom is -0.369 e. The average Bonchev–Trinajstić information content (AvgIpc) is 2.78. The van der Waals surface area contributed by atoms with Gasteiger partial charge in [-0.05, 0) is 0 Å². The third-order valence-corrected chi connectivity index (χ3v) is 3.44. The van der Waals surface area contributed by atoms with Crippen molar-refractivity contribution in [3.8, 4) is 0 Å². The summed E-state index contributed by atoms with van der Waals surface area (Å²) in [6, 6.07) is 0. The lowest BCUT2D eigenvalue weighted by Gasteiger charge is -2.20. The van der Waals surface area contributed by atoms with Gasteiger partial charge < -0.3 is 14.2 Å². The van der Waals surface area contributed by atoms with E-state index in [0.29, 0.717) is 13.2 Å². The van der Waals surface area contributed by atoms with E-state index in [0.717, 1.165) is 43.5 Å². The molecule has 0 radical (unpaired) electrons. The molecular formula is C14H18N6O. The molecule has 21 heavy (non-hydrogen) atoms. The molecule has 1 aliphatic rings. The summed E-state index contributed by atoms with van der Waals surface area (Å²) in [5.41, 5.74) is 0. The van der Waals surface area contributed by atoms with Crippen LogP contribution in [0, 0.1) is 0 Å². The summed E-state index contributed by atoms with van der Waals surface area (Å²) in [5, 5.41) is 8.48. The SMILES string of the molecule is C=CCOCc1nnc2n1CCN(c1cnccn1)CC2. The topological polar surface area (TPSA) is 69.0 Å². The van der Waals surface area contributed by atoms with Crippen molar-refractivity contribution in [3.63, 3.8) is 0 Å². The van der Waals surface area contributed by atoms with Crippen LogP contribution in [0.15, 0.2) is 31.2 Å². The predicted molar refractivity (Wildman–Crippen MR) is 77.8 cm³/mol. The summed E-state index contributed by atoms with van der Waals surface area (Å²) in [6.07, 6.45) is 7.77. The maximum atomic E-state index is 5.47. The van der Waals surface area contributed by atoms with Crippen LogP contribution in [0.25, 0.3) is 0 Å². The summed E-state index contributed by atoms with van der Waals surface area (Å²) >= 11 is 0. The molecule has 0 spiro atoms. The molecule has 0 aliphatic carbocycles. The second-order valence-corrected chi connectivity index (χ2v) is 4.79. The molecule has 7 nitrogen and oxygen atoms in total. The molecule has 0 saturated carbocycles.